The lowest BCUT2D eigenvalue weighted by Gasteiger charge is -2.23. The van der Waals surface area contributed by atoms with Gasteiger partial charge in [-0.25, -0.2) is 0 Å². The molecule has 0 aliphatic heterocycles. The molecular formula is C16H19NO3. The van der Waals surface area contributed by atoms with Crippen molar-refractivity contribution in [3.05, 3.63) is 36.0 Å². The number of ketones is 1. The van der Waals surface area contributed by atoms with Crippen LogP contribution in [-0.4, -0.2) is 23.8 Å². The van der Waals surface area contributed by atoms with Gasteiger partial charge in [0.15, 0.2) is 5.78 Å². The first-order chi connectivity index (χ1) is 9.77. The zero-order valence-corrected chi connectivity index (χ0v) is 11.6. The van der Waals surface area contributed by atoms with E-state index in [-0.39, 0.29) is 5.92 Å². The van der Waals surface area contributed by atoms with Crippen LogP contribution in [0.5, 0.6) is 0 Å². The van der Waals surface area contributed by atoms with Crippen molar-refractivity contribution in [2.75, 3.05) is 6.61 Å². The Bertz CT molecular complexity index is 584. The SMILES string of the molecule is CCOC=O.O=C(c1c[nH]c2ccccc12)C1CCC1. The molecule has 1 N–H and O–H groups in total. The maximum absolute atomic E-state index is 12.1. The number of Topliss-reactive ketones (excluding diaryl/α,β-unsaturated/α-hetero) is 1. The quantitative estimate of drug-likeness (QED) is 0.686. The van der Waals surface area contributed by atoms with Crippen molar-refractivity contribution < 1.29 is 14.3 Å². The summed E-state index contributed by atoms with van der Waals surface area (Å²) in [5.74, 6) is 0.600. The summed E-state index contributed by atoms with van der Waals surface area (Å²) in [7, 11) is 0. The summed E-state index contributed by atoms with van der Waals surface area (Å²) in [6.07, 6.45) is 5.20. The predicted molar refractivity (Wildman–Crippen MR) is 77.7 cm³/mol. The van der Waals surface area contributed by atoms with Crippen molar-refractivity contribution in [2.45, 2.75) is 26.2 Å². The molecule has 1 aliphatic rings. The molecule has 1 aliphatic carbocycles. The van der Waals surface area contributed by atoms with Crippen LogP contribution in [0.2, 0.25) is 0 Å². The highest BCUT2D eigenvalue weighted by Crippen LogP contribution is 2.31. The number of para-hydroxylation sites is 1. The van der Waals surface area contributed by atoms with Crippen LogP contribution in [0.3, 0.4) is 0 Å². The molecule has 0 atom stereocenters. The zero-order chi connectivity index (χ0) is 14.4. The third kappa shape index (κ3) is 3.07. The van der Waals surface area contributed by atoms with Gasteiger partial charge in [0.2, 0.25) is 0 Å². The summed E-state index contributed by atoms with van der Waals surface area (Å²) in [4.78, 5) is 24.4. The standard InChI is InChI=1S/C13H13NO.C3H6O2/c15-13(9-4-3-5-9)11-8-14-12-7-2-1-6-10(11)12;1-2-5-3-4/h1-2,6-9,14H,3-5H2;3H,2H2,1H3. The van der Waals surface area contributed by atoms with Crippen LogP contribution in [0.4, 0.5) is 0 Å². The average Bonchev–Trinajstić information content (AvgIpc) is 2.82. The zero-order valence-electron chi connectivity index (χ0n) is 11.6. The lowest BCUT2D eigenvalue weighted by Crippen LogP contribution is -2.21. The van der Waals surface area contributed by atoms with Crippen LogP contribution in [0, 0.1) is 5.92 Å². The largest absolute Gasteiger partial charge is 0.468 e. The maximum atomic E-state index is 12.1. The maximum Gasteiger partial charge on any atom is 0.293 e. The van der Waals surface area contributed by atoms with Gasteiger partial charge in [-0.05, 0) is 25.8 Å². The number of nitrogens with one attached hydrogen (secondary N) is 1. The van der Waals surface area contributed by atoms with Crippen molar-refractivity contribution in [2.24, 2.45) is 5.92 Å². The van der Waals surface area contributed by atoms with Crippen molar-refractivity contribution in [3.8, 4) is 0 Å². The van der Waals surface area contributed by atoms with Gasteiger partial charge in [-0.3, -0.25) is 9.59 Å². The van der Waals surface area contributed by atoms with E-state index >= 15 is 0 Å². The summed E-state index contributed by atoms with van der Waals surface area (Å²) in [6, 6.07) is 7.98. The first kappa shape index (κ1) is 14.3. The lowest BCUT2D eigenvalue weighted by atomic mass is 9.80. The number of aromatic nitrogens is 1. The number of carbonyl (C=O) groups is 2. The fourth-order valence-electron chi connectivity index (χ4n) is 2.23. The Kier molecular flexibility index (Phi) is 4.93. The molecule has 0 amide bonds. The molecule has 1 aromatic carbocycles. The second-order valence-corrected chi connectivity index (χ2v) is 4.79. The van der Waals surface area contributed by atoms with Gasteiger partial charge in [0.05, 0.1) is 6.61 Å². The van der Waals surface area contributed by atoms with Crippen molar-refractivity contribution in [1.29, 1.82) is 0 Å². The highest BCUT2D eigenvalue weighted by Gasteiger charge is 2.27. The van der Waals surface area contributed by atoms with E-state index in [1.165, 1.54) is 6.42 Å². The van der Waals surface area contributed by atoms with Gasteiger partial charge in [0.1, 0.15) is 0 Å². The monoisotopic (exact) mass is 273 g/mol. The molecule has 2 aromatic rings. The highest BCUT2D eigenvalue weighted by atomic mass is 16.5. The van der Waals surface area contributed by atoms with E-state index in [0.717, 1.165) is 29.3 Å². The number of aromatic amines is 1. The Hall–Kier alpha value is -2.10. The predicted octanol–water partition coefficient (Wildman–Crippen LogP) is 3.33. The summed E-state index contributed by atoms with van der Waals surface area (Å²) in [6.45, 7) is 2.66. The third-order valence-electron chi connectivity index (χ3n) is 3.57. The van der Waals surface area contributed by atoms with E-state index < -0.39 is 0 Å². The molecule has 4 nitrogen and oxygen atoms in total. The molecule has 0 unspecified atom stereocenters. The Morgan fingerprint density at radius 2 is 2.15 bits per heavy atom. The van der Waals surface area contributed by atoms with Gasteiger partial charge in [-0.1, -0.05) is 24.6 Å². The third-order valence-corrected chi connectivity index (χ3v) is 3.57. The number of carbonyl (C=O) groups excluding carboxylic acids is 2. The van der Waals surface area contributed by atoms with Crippen LogP contribution < -0.4 is 0 Å². The number of benzene rings is 1. The van der Waals surface area contributed by atoms with E-state index in [0.29, 0.717) is 18.9 Å². The van der Waals surface area contributed by atoms with E-state index in [2.05, 4.69) is 9.72 Å². The van der Waals surface area contributed by atoms with Gasteiger partial charge in [-0.2, -0.15) is 0 Å². The Morgan fingerprint density at radius 3 is 2.70 bits per heavy atom. The number of hydrogen-bond acceptors (Lipinski definition) is 3. The second-order valence-electron chi connectivity index (χ2n) is 4.79. The molecular weight excluding hydrogens is 254 g/mol. The van der Waals surface area contributed by atoms with Crippen molar-refractivity contribution in [1.82, 2.24) is 4.98 Å². The summed E-state index contributed by atoms with van der Waals surface area (Å²) < 4.78 is 4.15. The molecule has 4 heteroatoms. The Balaban J connectivity index is 0.000000257. The number of fused-ring (bicyclic) bond motifs is 1. The summed E-state index contributed by atoms with van der Waals surface area (Å²) >= 11 is 0. The minimum atomic E-state index is 0.282. The topological polar surface area (TPSA) is 59.2 Å². The first-order valence-electron chi connectivity index (χ1n) is 6.93. The molecule has 0 bridgehead atoms. The van der Waals surface area contributed by atoms with Gasteiger partial charge >= 0.3 is 0 Å². The molecule has 0 spiro atoms. The van der Waals surface area contributed by atoms with Gasteiger partial charge < -0.3 is 9.72 Å². The van der Waals surface area contributed by atoms with Crippen molar-refractivity contribution >= 4 is 23.2 Å². The smallest absolute Gasteiger partial charge is 0.293 e. The number of hydrogen-bond donors (Lipinski definition) is 1. The first-order valence-corrected chi connectivity index (χ1v) is 6.93. The molecule has 1 aromatic heterocycles. The number of ether oxygens (including phenoxy) is 1. The van der Waals surface area contributed by atoms with Crippen LogP contribution in [0.25, 0.3) is 10.9 Å². The summed E-state index contributed by atoms with van der Waals surface area (Å²) in [5, 5.41) is 1.06. The van der Waals surface area contributed by atoms with Crippen LogP contribution >= 0.6 is 0 Å². The fraction of sp³-hybridized carbons (Fsp3) is 0.375. The number of H-pyrrole nitrogens is 1. The Labute approximate surface area is 118 Å². The second kappa shape index (κ2) is 6.89. The van der Waals surface area contributed by atoms with E-state index in [1.807, 2.05) is 30.5 Å². The van der Waals surface area contributed by atoms with Crippen LogP contribution in [0.1, 0.15) is 36.5 Å². The van der Waals surface area contributed by atoms with Crippen LogP contribution in [0.15, 0.2) is 30.5 Å². The molecule has 0 radical (unpaired) electrons. The van der Waals surface area contributed by atoms with E-state index in [1.54, 1.807) is 6.92 Å². The minimum absolute atomic E-state index is 0.282. The molecule has 0 saturated heterocycles. The van der Waals surface area contributed by atoms with Gasteiger partial charge in [0.25, 0.3) is 6.47 Å². The van der Waals surface area contributed by atoms with Crippen molar-refractivity contribution in [3.63, 3.8) is 0 Å². The van der Waals surface area contributed by atoms with Crippen LogP contribution in [-0.2, 0) is 9.53 Å². The molecule has 1 saturated carbocycles. The fourth-order valence-corrected chi connectivity index (χ4v) is 2.23. The molecule has 106 valence electrons. The number of rotatable bonds is 4. The van der Waals surface area contributed by atoms with Gasteiger partial charge in [0, 0.05) is 28.6 Å². The van der Waals surface area contributed by atoms with E-state index in [4.69, 9.17) is 0 Å². The normalized spacial score (nSPS) is 14.1. The molecule has 3 rings (SSSR count). The summed E-state index contributed by atoms with van der Waals surface area (Å²) in [5.41, 5.74) is 1.93. The molecule has 1 fully saturated rings. The molecule has 1 heterocycles. The average molecular weight is 273 g/mol. The Morgan fingerprint density at radius 1 is 1.40 bits per heavy atom. The van der Waals surface area contributed by atoms with Gasteiger partial charge in [-0.15, -0.1) is 0 Å². The molecule has 20 heavy (non-hydrogen) atoms. The van der Waals surface area contributed by atoms with E-state index in [9.17, 15) is 9.59 Å². The highest BCUT2D eigenvalue weighted by molar-refractivity contribution is 6.09. The lowest BCUT2D eigenvalue weighted by molar-refractivity contribution is -0.128. The minimum Gasteiger partial charge on any atom is -0.468 e.